The fourth-order valence-corrected chi connectivity index (χ4v) is 4.34. The number of nitrogens with zero attached hydrogens (tertiary/aromatic N) is 3. The van der Waals surface area contributed by atoms with Crippen LogP contribution in [0, 0.1) is 0 Å². The molecule has 0 unspecified atom stereocenters. The van der Waals surface area contributed by atoms with Crippen LogP contribution in [0.5, 0.6) is 0 Å². The summed E-state index contributed by atoms with van der Waals surface area (Å²) in [4.78, 5) is 24.3. The minimum Gasteiger partial charge on any atom is -0.311 e. The Bertz CT molecular complexity index is 986. The van der Waals surface area contributed by atoms with Gasteiger partial charge in [-0.15, -0.1) is 0 Å². The molecule has 0 bridgehead atoms. The highest BCUT2D eigenvalue weighted by Gasteiger charge is 2.22. The number of para-hydroxylation sites is 2. The summed E-state index contributed by atoms with van der Waals surface area (Å²) < 4.78 is 0. The Morgan fingerprint density at radius 2 is 1.89 bits per heavy atom. The quantitative estimate of drug-likeness (QED) is 0.483. The third kappa shape index (κ3) is 3.69. The van der Waals surface area contributed by atoms with Crippen LogP contribution in [0.15, 0.2) is 53.6 Å². The van der Waals surface area contributed by atoms with Crippen LogP contribution in [0.25, 0.3) is 10.9 Å². The molecule has 138 valence electrons. The number of hydrogen-bond acceptors (Lipinski definition) is 4. The van der Waals surface area contributed by atoms with Crippen LogP contribution in [0.2, 0.25) is 0 Å². The van der Waals surface area contributed by atoms with E-state index >= 15 is 0 Å². The maximum atomic E-state index is 13.0. The molecule has 0 saturated carbocycles. The molecule has 0 spiro atoms. The van der Waals surface area contributed by atoms with Gasteiger partial charge < -0.3 is 4.90 Å². The van der Waals surface area contributed by atoms with Gasteiger partial charge in [0.2, 0.25) is 5.91 Å². The molecule has 2 heterocycles. The van der Waals surface area contributed by atoms with E-state index in [2.05, 4.69) is 24.9 Å². The molecule has 0 saturated heterocycles. The second-order valence-corrected chi connectivity index (χ2v) is 8.09. The highest BCUT2D eigenvalue weighted by molar-refractivity contribution is 8.00. The van der Waals surface area contributed by atoms with E-state index in [0.717, 1.165) is 46.8 Å². The van der Waals surface area contributed by atoms with E-state index in [1.165, 1.54) is 17.3 Å². The minimum atomic E-state index is 0.140. The lowest BCUT2D eigenvalue weighted by Crippen LogP contribution is -2.36. The first kappa shape index (κ1) is 18.0. The first-order chi connectivity index (χ1) is 13.1. The number of benzene rings is 2. The molecule has 4 rings (SSSR count). The van der Waals surface area contributed by atoms with Crippen molar-refractivity contribution in [3.63, 3.8) is 0 Å². The first-order valence-electron chi connectivity index (χ1n) is 9.41. The molecule has 0 N–H and O–H groups in total. The average Bonchev–Trinajstić information content (AvgIpc) is 2.71. The molecule has 4 nitrogen and oxygen atoms in total. The van der Waals surface area contributed by atoms with Gasteiger partial charge in [0.05, 0.1) is 11.3 Å². The van der Waals surface area contributed by atoms with Gasteiger partial charge in [0.1, 0.15) is 10.9 Å². The van der Waals surface area contributed by atoms with E-state index in [0.29, 0.717) is 5.75 Å². The molecule has 1 amide bonds. The monoisotopic (exact) mass is 377 g/mol. The van der Waals surface area contributed by atoms with Crippen LogP contribution in [-0.2, 0) is 11.2 Å². The first-order valence-corrected chi connectivity index (χ1v) is 10.4. The van der Waals surface area contributed by atoms with Crippen LogP contribution in [0.4, 0.5) is 5.69 Å². The van der Waals surface area contributed by atoms with Crippen LogP contribution in [-0.4, -0.2) is 28.2 Å². The van der Waals surface area contributed by atoms with Crippen molar-refractivity contribution in [1.29, 1.82) is 0 Å². The summed E-state index contributed by atoms with van der Waals surface area (Å²) >= 11 is 1.52. The van der Waals surface area contributed by atoms with Crippen molar-refractivity contribution in [2.75, 3.05) is 17.2 Å². The molecule has 5 heteroatoms. The van der Waals surface area contributed by atoms with Gasteiger partial charge in [0, 0.05) is 23.5 Å². The number of aromatic nitrogens is 2. The summed E-state index contributed by atoms with van der Waals surface area (Å²) in [6.45, 7) is 4.97. The van der Waals surface area contributed by atoms with Crippen molar-refractivity contribution in [1.82, 2.24) is 9.97 Å². The standard InChI is InChI=1S/C22H23N3OS/c1-15(2)21-23-18-11-5-4-10-17(18)22(24-21)27-14-20(26)25-13-7-9-16-8-3-6-12-19(16)25/h3-6,8,10-12,15H,7,9,13-14H2,1-2H3. The molecule has 3 aromatic rings. The highest BCUT2D eigenvalue weighted by Crippen LogP contribution is 2.30. The van der Waals surface area contributed by atoms with Gasteiger partial charge in [0.15, 0.2) is 0 Å². The summed E-state index contributed by atoms with van der Waals surface area (Å²) in [5, 5.41) is 1.90. The number of hydrogen-bond donors (Lipinski definition) is 0. The van der Waals surface area contributed by atoms with Crippen molar-refractivity contribution < 1.29 is 4.79 Å². The molecule has 0 radical (unpaired) electrons. The molecule has 1 aliphatic heterocycles. The second kappa shape index (κ2) is 7.69. The SMILES string of the molecule is CC(C)c1nc(SCC(=O)N2CCCc3ccccc32)c2ccccc2n1. The Hall–Kier alpha value is -2.40. The Kier molecular flexibility index (Phi) is 5.12. The molecular weight excluding hydrogens is 354 g/mol. The van der Waals surface area contributed by atoms with Gasteiger partial charge in [-0.2, -0.15) is 0 Å². The van der Waals surface area contributed by atoms with E-state index in [1.807, 2.05) is 47.4 Å². The van der Waals surface area contributed by atoms with E-state index < -0.39 is 0 Å². The fourth-order valence-electron chi connectivity index (χ4n) is 3.43. The van der Waals surface area contributed by atoms with Gasteiger partial charge in [-0.05, 0) is 30.5 Å². The molecule has 0 aliphatic carbocycles. The van der Waals surface area contributed by atoms with Crippen molar-refractivity contribution >= 4 is 34.3 Å². The molecule has 2 aromatic carbocycles. The summed E-state index contributed by atoms with van der Waals surface area (Å²) in [6, 6.07) is 16.2. The Labute approximate surface area is 164 Å². The Morgan fingerprint density at radius 1 is 1.11 bits per heavy atom. The molecule has 0 atom stereocenters. The Morgan fingerprint density at radius 3 is 2.74 bits per heavy atom. The predicted octanol–water partition coefficient (Wildman–Crippen LogP) is 4.82. The van der Waals surface area contributed by atoms with Crippen LogP contribution in [0.3, 0.4) is 0 Å². The van der Waals surface area contributed by atoms with Crippen molar-refractivity contribution in [2.24, 2.45) is 0 Å². The molecule has 27 heavy (non-hydrogen) atoms. The number of anilines is 1. The van der Waals surface area contributed by atoms with Gasteiger partial charge in [-0.25, -0.2) is 9.97 Å². The van der Waals surface area contributed by atoms with E-state index in [4.69, 9.17) is 4.98 Å². The fraction of sp³-hybridized carbons (Fsp3) is 0.318. The smallest absolute Gasteiger partial charge is 0.237 e. The van der Waals surface area contributed by atoms with Gasteiger partial charge >= 0.3 is 0 Å². The van der Waals surface area contributed by atoms with E-state index in [1.54, 1.807) is 0 Å². The number of rotatable bonds is 4. The van der Waals surface area contributed by atoms with Crippen molar-refractivity contribution in [3.05, 3.63) is 59.9 Å². The minimum absolute atomic E-state index is 0.140. The van der Waals surface area contributed by atoms with Crippen molar-refractivity contribution in [3.8, 4) is 0 Å². The van der Waals surface area contributed by atoms with Gasteiger partial charge in [-0.1, -0.05) is 62.0 Å². The normalized spacial score (nSPS) is 13.8. The number of thioether (sulfide) groups is 1. The summed E-state index contributed by atoms with van der Waals surface area (Å²) in [6.07, 6.45) is 2.06. The highest BCUT2D eigenvalue weighted by atomic mass is 32.2. The molecule has 1 aliphatic rings. The van der Waals surface area contributed by atoms with Gasteiger partial charge in [-0.3, -0.25) is 4.79 Å². The van der Waals surface area contributed by atoms with E-state index in [9.17, 15) is 4.79 Å². The Balaban J connectivity index is 1.58. The maximum absolute atomic E-state index is 13.0. The lowest BCUT2D eigenvalue weighted by Gasteiger charge is -2.29. The third-order valence-electron chi connectivity index (χ3n) is 4.85. The number of fused-ring (bicyclic) bond motifs is 2. The van der Waals surface area contributed by atoms with Gasteiger partial charge in [0.25, 0.3) is 0 Å². The van der Waals surface area contributed by atoms with Crippen LogP contribution in [0.1, 0.15) is 37.6 Å². The van der Waals surface area contributed by atoms with Crippen LogP contribution < -0.4 is 4.90 Å². The maximum Gasteiger partial charge on any atom is 0.237 e. The summed E-state index contributed by atoms with van der Waals surface area (Å²) in [7, 11) is 0. The number of amides is 1. The average molecular weight is 378 g/mol. The zero-order valence-corrected chi connectivity index (χ0v) is 16.5. The molecule has 1 aromatic heterocycles. The number of carbonyl (C=O) groups excluding carboxylic acids is 1. The lowest BCUT2D eigenvalue weighted by molar-refractivity contribution is -0.116. The van der Waals surface area contributed by atoms with Crippen molar-refractivity contribution in [2.45, 2.75) is 37.6 Å². The number of aryl methyl sites for hydroxylation is 1. The predicted molar refractivity (Wildman–Crippen MR) is 111 cm³/mol. The summed E-state index contributed by atoms with van der Waals surface area (Å²) in [5.41, 5.74) is 3.26. The van der Waals surface area contributed by atoms with Crippen LogP contribution >= 0.6 is 11.8 Å². The largest absolute Gasteiger partial charge is 0.311 e. The summed E-state index contributed by atoms with van der Waals surface area (Å²) in [5.74, 6) is 1.60. The zero-order chi connectivity index (χ0) is 18.8. The van der Waals surface area contributed by atoms with E-state index in [-0.39, 0.29) is 11.8 Å². The lowest BCUT2D eigenvalue weighted by atomic mass is 10.0. The molecule has 0 fully saturated rings. The number of carbonyl (C=O) groups is 1. The third-order valence-corrected chi connectivity index (χ3v) is 5.82. The molecular formula is C22H23N3OS. The zero-order valence-electron chi connectivity index (χ0n) is 15.7. The second-order valence-electron chi connectivity index (χ2n) is 7.13. The topological polar surface area (TPSA) is 46.1 Å².